The van der Waals surface area contributed by atoms with Crippen molar-refractivity contribution in [2.24, 2.45) is 0 Å². The highest BCUT2D eigenvalue weighted by atomic mass is 19.2. The highest BCUT2D eigenvalue weighted by Crippen LogP contribution is 2.20. The van der Waals surface area contributed by atoms with Crippen LogP contribution in [-0.4, -0.2) is 4.92 Å². The number of nitro benzene ring substituents is 1. The van der Waals surface area contributed by atoms with E-state index in [0.717, 1.165) is 18.2 Å². The molecule has 11 heavy (non-hydrogen) atoms. The van der Waals surface area contributed by atoms with Crippen molar-refractivity contribution < 1.29 is 9.31 Å². The van der Waals surface area contributed by atoms with Crippen LogP contribution in [0.15, 0.2) is 18.2 Å². The molecule has 0 aliphatic carbocycles. The molecule has 1 rings (SSSR count). The van der Waals surface area contributed by atoms with Gasteiger partial charge in [0, 0.05) is 0 Å². The lowest BCUT2D eigenvalue weighted by Gasteiger charge is -1.94. The van der Waals surface area contributed by atoms with E-state index in [1.54, 1.807) is 0 Å². The van der Waals surface area contributed by atoms with Crippen LogP contribution in [0.3, 0.4) is 0 Å². The van der Waals surface area contributed by atoms with E-state index in [2.05, 4.69) is 0 Å². The van der Waals surface area contributed by atoms with Crippen molar-refractivity contribution in [3.63, 3.8) is 0 Å². The lowest BCUT2D eigenvalue weighted by molar-refractivity contribution is -0.384. The molecule has 0 aromatic heterocycles. The number of benzene rings is 1. The molecule has 0 aliphatic rings. The van der Waals surface area contributed by atoms with Crippen molar-refractivity contribution in [3.8, 4) is 0 Å². The van der Waals surface area contributed by atoms with E-state index in [1.165, 1.54) is 0 Å². The topological polar surface area (TPSA) is 69.2 Å². The summed E-state index contributed by atoms with van der Waals surface area (Å²) in [4.78, 5) is 9.41. The van der Waals surface area contributed by atoms with Crippen LogP contribution in [0.1, 0.15) is 0 Å². The molecule has 1 aromatic rings. The van der Waals surface area contributed by atoms with Crippen LogP contribution in [0.5, 0.6) is 0 Å². The fourth-order valence-electron chi connectivity index (χ4n) is 0.675. The molecule has 0 saturated heterocycles. The second kappa shape index (κ2) is 2.53. The van der Waals surface area contributed by atoms with Crippen molar-refractivity contribution in [2.75, 3.05) is 5.73 Å². The Morgan fingerprint density at radius 3 is 2.64 bits per heavy atom. The first-order chi connectivity index (χ1) is 5.11. The number of hydrogen-bond acceptors (Lipinski definition) is 3. The molecule has 0 amide bonds. The lowest BCUT2D eigenvalue weighted by atomic mass is 11.2. The smallest absolute Gasteiger partial charge is 0.295 e. The first-order valence-corrected chi connectivity index (χ1v) is 2.80. The van der Waals surface area contributed by atoms with Gasteiger partial charge < -0.3 is 5.73 Å². The van der Waals surface area contributed by atoms with E-state index >= 15 is 0 Å². The van der Waals surface area contributed by atoms with Crippen LogP contribution < -0.4 is 5.73 Å². The molecular weight excluding hydrogens is 157 g/mol. The third-order valence-corrected chi connectivity index (χ3v) is 1.19. The van der Waals surface area contributed by atoms with Gasteiger partial charge in [-0.3, -0.25) is 10.1 Å². The number of nitrogen functional groups attached to an aromatic ring is 1. The second-order valence-electron chi connectivity index (χ2n) is 1.96. The predicted octanol–water partition coefficient (Wildman–Crippen LogP) is 1.32. The molecule has 0 atom stereocenters. The minimum atomic E-state index is -0.724. The Morgan fingerprint density at radius 1 is 1.55 bits per heavy atom. The van der Waals surface area contributed by atoms with Gasteiger partial charge in [0.15, 0.2) is 0 Å². The number of halogens is 1. The average molecular weight is 162 g/mol. The summed E-state index contributed by atoms with van der Waals surface area (Å²) in [5.74, 6) is -0.661. The van der Waals surface area contributed by atoms with Gasteiger partial charge in [-0.15, -0.1) is 0 Å². The number of nitrogens with zero attached hydrogens (tertiary/aromatic N) is 1. The predicted molar refractivity (Wildman–Crippen MR) is 37.5 cm³/mol. The second-order valence-corrected chi connectivity index (χ2v) is 1.96. The van der Waals surface area contributed by atoms with Gasteiger partial charge in [0.05, 0.1) is 11.0 Å². The maximum atomic E-state index is 12.3. The lowest BCUT2D eigenvalue weighted by Crippen LogP contribution is -1.95. The van der Waals surface area contributed by atoms with E-state index in [4.69, 9.17) is 5.73 Å². The SMILES string of the molecule is N[13c]1[13cH][13cH][13c](F)[13cH][13c]1[N+](=O)[O-]. The van der Waals surface area contributed by atoms with Gasteiger partial charge in [-0.05, 0) is 12.1 Å². The number of anilines is 1. The Kier molecular flexibility index (Phi) is 1.72. The van der Waals surface area contributed by atoms with Gasteiger partial charge in [-0.1, -0.05) is 0 Å². The molecule has 0 bridgehead atoms. The highest BCUT2D eigenvalue weighted by molar-refractivity contribution is 5.57. The number of nitrogens with two attached hydrogens (primary N) is 1. The Bertz CT molecular complexity index is 301. The molecule has 0 aliphatic heterocycles. The van der Waals surface area contributed by atoms with E-state index in [-0.39, 0.29) is 5.69 Å². The van der Waals surface area contributed by atoms with Crippen molar-refractivity contribution >= 4 is 11.4 Å². The van der Waals surface area contributed by atoms with Gasteiger partial charge in [-0.2, -0.15) is 0 Å². The summed E-state index contributed by atoms with van der Waals surface area (Å²) in [5.41, 5.74) is 4.75. The van der Waals surface area contributed by atoms with Gasteiger partial charge in [-0.25, -0.2) is 4.39 Å². The summed E-state index contributed by atoms with van der Waals surface area (Å²) in [6.07, 6.45) is 0. The van der Waals surface area contributed by atoms with E-state index < -0.39 is 16.4 Å². The Morgan fingerprint density at radius 2 is 2.18 bits per heavy atom. The molecule has 0 heterocycles. The first-order valence-electron chi connectivity index (χ1n) is 2.80. The fourth-order valence-corrected chi connectivity index (χ4v) is 0.675. The van der Waals surface area contributed by atoms with Crippen molar-refractivity contribution in [3.05, 3.63) is 34.1 Å². The molecule has 5 heteroatoms. The van der Waals surface area contributed by atoms with E-state index in [0.29, 0.717) is 0 Å². The molecule has 4 nitrogen and oxygen atoms in total. The minimum Gasteiger partial charge on any atom is -0.393 e. The Labute approximate surface area is 61.6 Å². The van der Waals surface area contributed by atoms with Crippen LogP contribution in [0.2, 0.25) is 0 Å². The molecule has 0 spiro atoms. The third kappa shape index (κ3) is 1.43. The number of hydrogen-bond donors (Lipinski definition) is 1. The molecule has 2 N–H and O–H groups in total. The number of rotatable bonds is 1. The van der Waals surface area contributed by atoms with E-state index in [9.17, 15) is 14.5 Å². The first kappa shape index (κ1) is 7.46. The Balaban J connectivity index is 3.23. The molecule has 58 valence electrons. The zero-order valence-corrected chi connectivity index (χ0v) is 5.45. The molecule has 0 radical (unpaired) electrons. The van der Waals surface area contributed by atoms with Gasteiger partial charge in [0.1, 0.15) is 11.5 Å². The van der Waals surface area contributed by atoms with Gasteiger partial charge >= 0.3 is 0 Å². The standard InChI is InChI=1S/C6H5FN2O2/c7-4-1-2-5(8)6(3-4)9(10)11/h1-3H,8H2/i1+1,2+1,3+1,4+1,5+1,6+1. The normalized spacial score (nSPS) is 9.55. The molecule has 0 unspecified atom stereocenters. The van der Waals surface area contributed by atoms with Gasteiger partial charge in [0.2, 0.25) is 0 Å². The summed E-state index contributed by atoms with van der Waals surface area (Å²) in [6.45, 7) is 0. The largest absolute Gasteiger partial charge is 0.393 e. The molecule has 1 aromatic carbocycles. The maximum absolute atomic E-state index is 12.3. The van der Waals surface area contributed by atoms with Crippen LogP contribution in [0.4, 0.5) is 15.8 Å². The van der Waals surface area contributed by atoms with Crippen LogP contribution >= 0.6 is 0 Å². The molecule has 0 saturated carbocycles. The maximum Gasteiger partial charge on any atom is 0.295 e. The third-order valence-electron chi connectivity index (χ3n) is 1.19. The quantitative estimate of drug-likeness (QED) is 0.384. The van der Waals surface area contributed by atoms with Crippen LogP contribution in [0, 0.1) is 15.9 Å². The van der Waals surface area contributed by atoms with Crippen LogP contribution in [0.25, 0.3) is 0 Å². The summed E-state index contributed by atoms with van der Waals surface area (Å²) in [6, 6.07) is 3.02. The molecular formula is C6H5FN2O2. The van der Waals surface area contributed by atoms with E-state index in [1.807, 2.05) is 0 Å². The van der Waals surface area contributed by atoms with Crippen molar-refractivity contribution in [1.29, 1.82) is 0 Å². The van der Waals surface area contributed by atoms with Crippen LogP contribution in [-0.2, 0) is 0 Å². The number of nitro groups is 1. The zero-order valence-electron chi connectivity index (χ0n) is 5.45. The summed E-state index contributed by atoms with van der Waals surface area (Å²) in [7, 11) is 0. The molecule has 0 fully saturated rings. The van der Waals surface area contributed by atoms with Crippen molar-refractivity contribution in [2.45, 2.75) is 0 Å². The summed E-state index contributed by atoms with van der Waals surface area (Å²) < 4.78 is 12.3. The Hall–Kier alpha value is -1.65. The zero-order chi connectivity index (χ0) is 8.43. The minimum absolute atomic E-state index is 0.0311. The van der Waals surface area contributed by atoms with Gasteiger partial charge in [0.25, 0.3) is 5.69 Å². The summed E-state index contributed by atoms with van der Waals surface area (Å²) in [5, 5.41) is 10.1. The monoisotopic (exact) mass is 162 g/mol. The average Bonchev–Trinajstić information content (AvgIpc) is 1.94. The van der Waals surface area contributed by atoms with Crippen molar-refractivity contribution in [1.82, 2.24) is 0 Å². The highest BCUT2D eigenvalue weighted by Gasteiger charge is 2.10. The fraction of sp³-hybridized carbons (Fsp3) is 0. The summed E-state index contributed by atoms with van der Waals surface area (Å²) >= 11 is 0.